The summed E-state index contributed by atoms with van der Waals surface area (Å²) in [5.74, 6) is 2.60. The van der Waals surface area contributed by atoms with Gasteiger partial charge in [-0.1, -0.05) is 0 Å². The topological polar surface area (TPSA) is 20.2 Å². The highest BCUT2D eigenvalue weighted by atomic mass is 32.2. The Balaban J connectivity index is 2.88. The van der Waals surface area contributed by atoms with Crippen molar-refractivity contribution in [3.05, 3.63) is 0 Å². The van der Waals surface area contributed by atoms with Crippen LogP contribution >= 0.6 is 37.0 Å². The van der Waals surface area contributed by atoms with Crippen LogP contribution in [0.4, 0.5) is 0 Å². The van der Waals surface area contributed by atoms with Crippen molar-refractivity contribution in [1.29, 1.82) is 0 Å². The molecule has 9 heavy (non-hydrogen) atoms. The second-order valence-corrected chi connectivity index (χ2v) is 3.88. The van der Waals surface area contributed by atoms with Crippen molar-refractivity contribution in [3.63, 3.8) is 0 Å². The number of hydrogen-bond donors (Lipinski definition) is 3. The second kappa shape index (κ2) is 7.12. The van der Waals surface area contributed by atoms with E-state index >= 15 is 0 Å². The van der Waals surface area contributed by atoms with Gasteiger partial charge in [0.15, 0.2) is 0 Å². The third-order valence-corrected chi connectivity index (χ3v) is 3.21. The molecule has 0 spiro atoms. The van der Waals surface area contributed by atoms with Gasteiger partial charge in [-0.25, -0.2) is 0 Å². The number of aliphatic hydroxyl groups is 1. The van der Waals surface area contributed by atoms with Gasteiger partial charge in [0.1, 0.15) is 0 Å². The number of rotatable bonds is 5. The molecule has 0 heterocycles. The molecule has 0 aliphatic heterocycles. The highest BCUT2D eigenvalue weighted by Crippen LogP contribution is 2.07. The van der Waals surface area contributed by atoms with Crippen LogP contribution < -0.4 is 0 Å². The standard InChI is InChI=1S/C5H12OS3/c6-1-2-9-4-5(8)3-7/h5-8H,1-4H2. The minimum atomic E-state index is 0.262. The summed E-state index contributed by atoms with van der Waals surface area (Å²) >= 11 is 10.0. The monoisotopic (exact) mass is 184 g/mol. The highest BCUT2D eigenvalue weighted by molar-refractivity contribution is 8.00. The first-order chi connectivity index (χ1) is 4.31. The summed E-state index contributed by atoms with van der Waals surface area (Å²) < 4.78 is 0. The molecule has 0 radical (unpaired) electrons. The van der Waals surface area contributed by atoms with Crippen LogP contribution in [0.15, 0.2) is 0 Å². The second-order valence-electron chi connectivity index (χ2n) is 1.63. The van der Waals surface area contributed by atoms with Crippen LogP contribution in [0.1, 0.15) is 0 Å². The maximum atomic E-state index is 8.39. The molecule has 0 fully saturated rings. The van der Waals surface area contributed by atoms with Crippen LogP contribution in [0.5, 0.6) is 0 Å². The van der Waals surface area contributed by atoms with Gasteiger partial charge >= 0.3 is 0 Å². The van der Waals surface area contributed by atoms with Crippen LogP contribution in [-0.4, -0.2) is 34.2 Å². The Bertz CT molecular complexity index is 60.2. The molecule has 0 rings (SSSR count). The minimum Gasteiger partial charge on any atom is -0.396 e. The lowest BCUT2D eigenvalue weighted by Crippen LogP contribution is -2.04. The van der Waals surface area contributed by atoms with Crippen molar-refractivity contribution >= 4 is 37.0 Å². The molecule has 1 nitrogen and oxygen atoms in total. The molecule has 56 valence electrons. The van der Waals surface area contributed by atoms with E-state index in [0.29, 0.717) is 5.25 Å². The van der Waals surface area contributed by atoms with Gasteiger partial charge in [0.2, 0.25) is 0 Å². The Kier molecular flexibility index (Phi) is 7.92. The van der Waals surface area contributed by atoms with Crippen LogP contribution in [0.3, 0.4) is 0 Å². The van der Waals surface area contributed by atoms with Gasteiger partial charge in [0.05, 0.1) is 6.61 Å². The average Bonchev–Trinajstić information content (AvgIpc) is 1.89. The molecule has 0 saturated heterocycles. The zero-order valence-corrected chi connectivity index (χ0v) is 7.76. The lowest BCUT2D eigenvalue weighted by Gasteiger charge is -2.04. The molecule has 0 amide bonds. The zero-order valence-electron chi connectivity index (χ0n) is 5.16. The van der Waals surface area contributed by atoms with Crippen LogP contribution in [-0.2, 0) is 0 Å². The Hall–Kier alpha value is 1.01. The smallest absolute Gasteiger partial charge is 0.0521 e. The Labute approximate surface area is 71.4 Å². The first kappa shape index (κ1) is 10.0. The Morgan fingerprint density at radius 2 is 2.22 bits per heavy atom. The van der Waals surface area contributed by atoms with E-state index < -0.39 is 0 Å². The van der Waals surface area contributed by atoms with Crippen molar-refractivity contribution < 1.29 is 5.11 Å². The Morgan fingerprint density at radius 3 is 2.67 bits per heavy atom. The first-order valence-electron chi connectivity index (χ1n) is 2.78. The van der Waals surface area contributed by atoms with Crippen molar-refractivity contribution in [2.45, 2.75) is 5.25 Å². The quantitative estimate of drug-likeness (QED) is 0.437. The average molecular weight is 184 g/mol. The number of thiol groups is 2. The summed E-state index contributed by atoms with van der Waals surface area (Å²) in [4.78, 5) is 0. The lowest BCUT2D eigenvalue weighted by molar-refractivity contribution is 0.322. The summed E-state index contributed by atoms with van der Waals surface area (Å²) in [7, 11) is 0. The van der Waals surface area contributed by atoms with Crippen LogP contribution in [0.2, 0.25) is 0 Å². The summed E-state index contributed by atoms with van der Waals surface area (Å²) in [6.07, 6.45) is 0. The number of aliphatic hydroxyl groups excluding tert-OH is 1. The van der Waals surface area contributed by atoms with Gasteiger partial charge in [0, 0.05) is 22.5 Å². The van der Waals surface area contributed by atoms with E-state index in [-0.39, 0.29) is 6.61 Å². The molecule has 1 N–H and O–H groups in total. The van der Waals surface area contributed by atoms with Gasteiger partial charge in [0.25, 0.3) is 0 Å². The normalized spacial score (nSPS) is 13.7. The van der Waals surface area contributed by atoms with Crippen LogP contribution in [0.25, 0.3) is 0 Å². The third-order valence-electron chi connectivity index (χ3n) is 0.757. The largest absolute Gasteiger partial charge is 0.396 e. The Morgan fingerprint density at radius 1 is 1.56 bits per heavy atom. The molecule has 1 atom stereocenters. The summed E-state index contributed by atoms with van der Waals surface area (Å²) in [6.45, 7) is 0.262. The molecular weight excluding hydrogens is 172 g/mol. The molecule has 1 unspecified atom stereocenters. The van der Waals surface area contributed by atoms with E-state index in [9.17, 15) is 0 Å². The summed E-state index contributed by atoms with van der Waals surface area (Å²) in [5, 5.41) is 8.75. The minimum absolute atomic E-state index is 0.262. The van der Waals surface area contributed by atoms with Crippen molar-refractivity contribution in [3.8, 4) is 0 Å². The maximum absolute atomic E-state index is 8.39. The molecule has 0 aliphatic carbocycles. The van der Waals surface area contributed by atoms with Gasteiger partial charge < -0.3 is 5.11 Å². The van der Waals surface area contributed by atoms with E-state index in [1.165, 1.54) is 0 Å². The molecule has 0 bridgehead atoms. The van der Waals surface area contributed by atoms with Gasteiger partial charge in [-0.3, -0.25) is 0 Å². The fraction of sp³-hybridized carbons (Fsp3) is 1.00. The van der Waals surface area contributed by atoms with Gasteiger partial charge in [-0.2, -0.15) is 37.0 Å². The summed E-state index contributed by atoms with van der Waals surface area (Å²) in [6, 6.07) is 0. The predicted molar refractivity (Wildman–Crippen MR) is 51.0 cm³/mol. The van der Waals surface area contributed by atoms with E-state index in [2.05, 4.69) is 25.3 Å². The number of thioether (sulfide) groups is 1. The molecule has 0 aromatic rings. The van der Waals surface area contributed by atoms with E-state index in [1.807, 2.05) is 0 Å². The number of hydrogen-bond acceptors (Lipinski definition) is 4. The zero-order chi connectivity index (χ0) is 7.11. The molecule has 0 aromatic heterocycles. The van der Waals surface area contributed by atoms with Crippen LogP contribution in [0, 0.1) is 0 Å². The molecule has 0 aliphatic rings. The fourth-order valence-electron chi connectivity index (χ4n) is 0.337. The predicted octanol–water partition coefficient (Wildman–Crippen LogP) is 0.940. The SMILES string of the molecule is OCCSCC(S)CS. The lowest BCUT2D eigenvalue weighted by atomic mass is 10.6. The third kappa shape index (κ3) is 6.90. The van der Waals surface area contributed by atoms with Crippen molar-refractivity contribution in [2.75, 3.05) is 23.9 Å². The highest BCUT2D eigenvalue weighted by Gasteiger charge is 1.97. The fourth-order valence-corrected chi connectivity index (χ4v) is 1.64. The molecule has 0 saturated carbocycles. The molecule has 4 heteroatoms. The van der Waals surface area contributed by atoms with E-state index in [1.54, 1.807) is 11.8 Å². The van der Waals surface area contributed by atoms with Gasteiger partial charge in [-0.05, 0) is 0 Å². The molecular formula is C5H12OS3. The van der Waals surface area contributed by atoms with E-state index in [0.717, 1.165) is 17.3 Å². The van der Waals surface area contributed by atoms with Crippen molar-refractivity contribution in [2.24, 2.45) is 0 Å². The van der Waals surface area contributed by atoms with E-state index in [4.69, 9.17) is 5.11 Å². The van der Waals surface area contributed by atoms with Gasteiger partial charge in [-0.15, -0.1) is 0 Å². The maximum Gasteiger partial charge on any atom is 0.0521 e. The summed E-state index contributed by atoms with van der Waals surface area (Å²) in [5.41, 5.74) is 0. The first-order valence-corrected chi connectivity index (χ1v) is 5.09. The van der Waals surface area contributed by atoms with Crippen molar-refractivity contribution in [1.82, 2.24) is 0 Å². The molecule has 0 aromatic carbocycles.